The normalized spacial score (nSPS) is 15.6. The van der Waals surface area contributed by atoms with Crippen LogP contribution in [0, 0.1) is 0 Å². The highest BCUT2D eigenvalue weighted by atomic mass is 32.1. The Morgan fingerprint density at radius 3 is 2.57 bits per heavy atom. The van der Waals surface area contributed by atoms with Gasteiger partial charge in [-0.3, -0.25) is 0 Å². The Hall–Kier alpha value is -2.21. The first kappa shape index (κ1) is 12.5. The maximum atomic E-state index is 4.59. The summed E-state index contributed by atoms with van der Waals surface area (Å²) in [6.45, 7) is 3.84. The van der Waals surface area contributed by atoms with Gasteiger partial charge in [-0.05, 0) is 23.6 Å². The quantitative estimate of drug-likeness (QED) is 0.727. The van der Waals surface area contributed by atoms with Crippen LogP contribution in [0.4, 0.5) is 11.6 Å². The summed E-state index contributed by atoms with van der Waals surface area (Å²) in [6.07, 6.45) is 5.31. The van der Waals surface area contributed by atoms with Gasteiger partial charge >= 0.3 is 0 Å². The first-order chi connectivity index (χ1) is 10.4. The number of anilines is 2. The lowest BCUT2D eigenvalue weighted by molar-refractivity contribution is 0.643. The predicted octanol–water partition coefficient (Wildman–Crippen LogP) is 2.41. The Labute approximate surface area is 126 Å². The van der Waals surface area contributed by atoms with E-state index in [0.717, 1.165) is 37.8 Å². The molecule has 0 saturated carbocycles. The second kappa shape index (κ2) is 5.29. The summed E-state index contributed by atoms with van der Waals surface area (Å²) in [6, 6.07) is 6.22. The SMILES string of the molecule is c1cc(N2CCN(c3nccc4sccc34)CC2)ncn1. The molecule has 3 aromatic heterocycles. The maximum Gasteiger partial charge on any atom is 0.137 e. The number of thiophene rings is 1. The van der Waals surface area contributed by atoms with Crippen LogP contribution in [0.15, 0.2) is 42.3 Å². The maximum absolute atomic E-state index is 4.59. The molecule has 5 nitrogen and oxygen atoms in total. The summed E-state index contributed by atoms with van der Waals surface area (Å²) < 4.78 is 1.30. The lowest BCUT2D eigenvalue weighted by Gasteiger charge is -2.36. The Kier molecular flexibility index (Phi) is 3.16. The second-order valence-electron chi connectivity index (χ2n) is 5.01. The van der Waals surface area contributed by atoms with Crippen LogP contribution in [-0.2, 0) is 0 Å². The Balaban J connectivity index is 1.54. The van der Waals surface area contributed by atoms with Crippen molar-refractivity contribution in [2.24, 2.45) is 0 Å². The van der Waals surface area contributed by atoms with Gasteiger partial charge < -0.3 is 9.80 Å². The van der Waals surface area contributed by atoms with Crippen molar-refractivity contribution in [3.05, 3.63) is 42.3 Å². The van der Waals surface area contributed by atoms with Crippen LogP contribution in [0.3, 0.4) is 0 Å². The van der Waals surface area contributed by atoms with Gasteiger partial charge in [-0.1, -0.05) is 0 Å². The van der Waals surface area contributed by atoms with Crippen molar-refractivity contribution < 1.29 is 0 Å². The van der Waals surface area contributed by atoms with Gasteiger partial charge in [0.25, 0.3) is 0 Å². The zero-order valence-corrected chi connectivity index (χ0v) is 12.3. The van der Waals surface area contributed by atoms with Gasteiger partial charge in [0.2, 0.25) is 0 Å². The van der Waals surface area contributed by atoms with Crippen molar-refractivity contribution in [1.29, 1.82) is 0 Å². The number of pyridine rings is 1. The molecule has 1 saturated heterocycles. The molecule has 1 fully saturated rings. The van der Waals surface area contributed by atoms with Crippen LogP contribution >= 0.6 is 11.3 Å². The number of hydrogen-bond donors (Lipinski definition) is 0. The second-order valence-corrected chi connectivity index (χ2v) is 5.96. The number of nitrogens with zero attached hydrogens (tertiary/aromatic N) is 5. The summed E-state index contributed by atoms with van der Waals surface area (Å²) in [4.78, 5) is 17.6. The van der Waals surface area contributed by atoms with Crippen LogP contribution in [0.2, 0.25) is 0 Å². The molecule has 4 heterocycles. The first-order valence-corrected chi connectivity index (χ1v) is 7.88. The van der Waals surface area contributed by atoms with E-state index in [9.17, 15) is 0 Å². The monoisotopic (exact) mass is 297 g/mol. The van der Waals surface area contributed by atoms with E-state index in [1.807, 2.05) is 12.3 Å². The fourth-order valence-electron chi connectivity index (χ4n) is 2.75. The van der Waals surface area contributed by atoms with Crippen molar-refractivity contribution in [2.75, 3.05) is 36.0 Å². The topological polar surface area (TPSA) is 45.2 Å². The fraction of sp³-hybridized carbons (Fsp3) is 0.267. The summed E-state index contributed by atoms with van der Waals surface area (Å²) in [5.74, 6) is 2.11. The number of aromatic nitrogens is 3. The van der Waals surface area contributed by atoms with E-state index in [4.69, 9.17) is 0 Å². The van der Waals surface area contributed by atoms with E-state index < -0.39 is 0 Å². The van der Waals surface area contributed by atoms with E-state index in [0.29, 0.717) is 0 Å². The summed E-state index contributed by atoms with van der Waals surface area (Å²) >= 11 is 1.77. The molecule has 0 atom stereocenters. The Morgan fingerprint density at radius 2 is 1.76 bits per heavy atom. The standard InChI is InChI=1S/C15H15N5S/c1-5-17-15(12-3-10-21-13(1)12)20-8-6-19(7-9-20)14-2-4-16-11-18-14/h1-5,10-11H,6-9H2. The molecular weight excluding hydrogens is 282 g/mol. The summed E-state index contributed by atoms with van der Waals surface area (Å²) in [5.41, 5.74) is 0. The average molecular weight is 297 g/mol. The van der Waals surface area contributed by atoms with Crippen molar-refractivity contribution in [1.82, 2.24) is 15.0 Å². The van der Waals surface area contributed by atoms with E-state index in [2.05, 4.69) is 42.3 Å². The average Bonchev–Trinajstić information content (AvgIpc) is 3.04. The molecule has 0 amide bonds. The van der Waals surface area contributed by atoms with E-state index in [1.165, 1.54) is 10.1 Å². The molecule has 0 bridgehead atoms. The number of hydrogen-bond acceptors (Lipinski definition) is 6. The molecule has 0 unspecified atom stereocenters. The highest BCUT2D eigenvalue weighted by Crippen LogP contribution is 2.29. The Morgan fingerprint density at radius 1 is 0.905 bits per heavy atom. The fourth-order valence-corrected chi connectivity index (χ4v) is 3.53. The number of rotatable bonds is 2. The summed E-state index contributed by atoms with van der Waals surface area (Å²) in [5, 5.41) is 3.39. The van der Waals surface area contributed by atoms with Crippen LogP contribution < -0.4 is 9.80 Å². The minimum atomic E-state index is 0.958. The van der Waals surface area contributed by atoms with E-state index in [-0.39, 0.29) is 0 Å². The largest absolute Gasteiger partial charge is 0.353 e. The lowest BCUT2D eigenvalue weighted by atomic mass is 10.2. The molecule has 1 aliphatic rings. The third kappa shape index (κ3) is 2.31. The van der Waals surface area contributed by atoms with Crippen LogP contribution in [0.5, 0.6) is 0 Å². The van der Waals surface area contributed by atoms with Gasteiger partial charge in [-0.2, -0.15) is 0 Å². The van der Waals surface area contributed by atoms with Crippen molar-refractivity contribution in [3.8, 4) is 0 Å². The molecule has 106 valence electrons. The van der Waals surface area contributed by atoms with Crippen molar-refractivity contribution in [2.45, 2.75) is 0 Å². The van der Waals surface area contributed by atoms with Crippen LogP contribution in [-0.4, -0.2) is 41.1 Å². The summed E-state index contributed by atoms with van der Waals surface area (Å²) in [7, 11) is 0. The molecule has 4 rings (SSSR count). The van der Waals surface area contributed by atoms with Gasteiger partial charge in [0.05, 0.1) is 0 Å². The molecule has 6 heteroatoms. The molecule has 21 heavy (non-hydrogen) atoms. The molecule has 0 aromatic carbocycles. The van der Waals surface area contributed by atoms with Gasteiger partial charge in [-0.15, -0.1) is 11.3 Å². The molecular formula is C15H15N5S. The highest BCUT2D eigenvalue weighted by molar-refractivity contribution is 7.17. The van der Waals surface area contributed by atoms with Crippen molar-refractivity contribution in [3.63, 3.8) is 0 Å². The number of piperazine rings is 1. The van der Waals surface area contributed by atoms with Gasteiger partial charge in [-0.25, -0.2) is 15.0 Å². The minimum Gasteiger partial charge on any atom is -0.353 e. The van der Waals surface area contributed by atoms with E-state index >= 15 is 0 Å². The minimum absolute atomic E-state index is 0.958. The first-order valence-electron chi connectivity index (χ1n) is 7.00. The van der Waals surface area contributed by atoms with E-state index in [1.54, 1.807) is 23.9 Å². The van der Waals surface area contributed by atoms with Crippen LogP contribution in [0.25, 0.3) is 10.1 Å². The zero-order chi connectivity index (χ0) is 14.1. The third-order valence-electron chi connectivity index (χ3n) is 3.83. The molecule has 1 aliphatic heterocycles. The zero-order valence-electron chi connectivity index (χ0n) is 11.5. The smallest absolute Gasteiger partial charge is 0.137 e. The molecule has 0 radical (unpaired) electrons. The lowest BCUT2D eigenvalue weighted by Crippen LogP contribution is -2.47. The molecule has 0 aliphatic carbocycles. The predicted molar refractivity (Wildman–Crippen MR) is 86.1 cm³/mol. The molecule has 0 spiro atoms. The van der Waals surface area contributed by atoms with Gasteiger partial charge in [0.15, 0.2) is 0 Å². The molecule has 3 aromatic rings. The van der Waals surface area contributed by atoms with Crippen molar-refractivity contribution >= 4 is 33.1 Å². The third-order valence-corrected chi connectivity index (χ3v) is 4.71. The number of fused-ring (bicyclic) bond motifs is 1. The Bertz CT molecular complexity index is 734. The van der Waals surface area contributed by atoms with Gasteiger partial charge in [0.1, 0.15) is 18.0 Å². The van der Waals surface area contributed by atoms with Gasteiger partial charge in [0, 0.05) is 48.7 Å². The molecule has 0 N–H and O–H groups in total. The van der Waals surface area contributed by atoms with Crippen LogP contribution in [0.1, 0.15) is 0 Å². The highest BCUT2D eigenvalue weighted by Gasteiger charge is 2.20.